The minimum Gasteiger partial charge on any atom is -0.313 e. The molecular weight excluding hydrogens is 212 g/mol. The predicted molar refractivity (Wildman–Crippen MR) is 71.0 cm³/mol. The molecule has 1 unspecified atom stereocenters. The van der Waals surface area contributed by atoms with Gasteiger partial charge in [0, 0.05) is 18.5 Å². The molecule has 0 fully saturated rings. The second kappa shape index (κ2) is 6.74. The first-order chi connectivity index (χ1) is 8.06. The van der Waals surface area contributed by atoms with Gasteiger partial charge in [-0.05, 0) is 32.7 Å². The fraction of sp³-hybridized carbons (Fsp3) is 0.846. The highest BCUT2D eigenvalue weighted by Crippen LogP contribution is 2.11. The molecule has 0 spiro atoms. The van der Waals surface area contributed by atoms with Crippen molar-refractivity contribution in [2.45, 2.75) is 59.5 Å². The van der Waals surface area contributed by atoms with Crippen molar-refractivity contribution in [2.24, 2.45) is 5.92 Å². The average Bonchev–Trinajstić information content (AvgIpc) is 2.71. The fourth-order valence-corrected chi connectivity index (χ4v) is 1.92. The van der Waals surface area contributed by atoms with Crippen LogP contribution in [0.1, 0.15) is 52.9 Å². The Balaban J connectivity index is 2.68. The molecule has 0 radical (unpaired) electrons. The van der Waals surface area contributed by atoms with Crippen molar-refractivity contribution in [3.63, 3.8) is 0 Å². The third kappa shape index (κ3) is 4.11. The molecule has 98 valence electrons. The molecule has 1 N–H and O–H groups in total. The summed E-state index contributed by atoms with van der Waals surface area (Å²) in [5.74, 6) is 1.70. The summed E-state index contributed by atoms with van der Waals surface area (Å²) in [6.45, 7) is 12.1. The van der Waals surface area contributed by atoms with Gasteiger partial charge in [0.15, 0.2) is 0 Å². The van der Waals surface area contributed by atoms with Gasteiger partial charge in [-0.25, -0.2) is 9.67 Å². The summed E-state index contributed by atoms with van der Waals surface area (Å²) in [5.41, 5.74) is 0. The third-order valence-electron chi connectivity index (χ3n) is 3.00. The van der Waals surface area contributed by atoms with Crippen LogP contribution in [0.2, 0.25) is 0 Å². The molecule has 0 saturated carbocycles. The van der Waals surface area contributed by atoms with E-state index in [2.05, 4.69) is 50.0 Å². The van der Waals surface area contributed by atoms with Crippen LogP contribution in [0.5, 0.6) is 0 Å². The summed E-state index contributed by atoms with van der Waals surface area (Å²) in [6.07, 6.45) is 3.78. The smallest absolute Gasteiger partial charge is 0.138 e. The zero-order valence-electron chi connectivity index (χ0n) is 11.8. The van der Waals surface area contributed by atoms with Crippen molar-refractivity contribution in [1.29, 1.82) is 0 Å². The van der Waals surface area contributed by atoms with E-state index >= 15 is 0 Å². The molecule has 0 aliphatic rings. The van der Waals surface area contributed by atoms with Crippen LogP contribution >= 0.6 is 0 Å². The van der Waals surface area contributed by atoms with Crippen molar-refractivity contribution in [3.05, 3.63) is 12.2 Å². The fourth-order valence-electron chi connectivity index (χ4n) is 1.92. The van der Waals surface area contributed by atoms with E-state index in [0.29, 0.717) is 18.0 Å². The zero-order valence-corrected chi connectivity index (χ0v) is 11.8. The van der Waals surface area contributed by atoms with Gasteiger partial charge in [-0.3, -0.25) is 0 Å². The molecule has 0 aromatic carbocycles. The summed E-state index contributed by atoms with van der Waals surface area (Å²) < 4.78 is 2.02. The summed E-state index contributed by atoms with van der Waals surface area (Å²) >= 11 is 0. The van der Waals surface area contributed by atoms with Gasteiger partial charge in [-0.2, -0.15) is 5.10 Å². The Bertz CT molecular complexity index is 317. The summed E-state index contributed by atoms with van der Waals surface area (Å²) in [4.78, 5) is 4.38. The van der Waals surface area contributed by atoms with E-state index in [1.54, 1.807) is 6.33 Å². The zero-order chi connectivity index (χ0) is 12.8. The monoisotopic (exact) mass is 238 g/mol. The Hall–Kier alpha value is -0.900. The molecule has 0 bridgehead atoms. The first kappa shape index (κ1) is 14.2. The summed E-state index contributed by atoms with van der Waals surface area (Å²) in [7, 11) is 0. The van der Waals surface area contributed by atoms with E-state index in [-0.39, 0.29) is 0 Å². The Labute approximate surface area is 105 Å². The number of hydrogen-bond donors (Lipinski definition) is 1. The maximum absolute atomic E-state index is 4.38. The van der Waals surface area contributed by atoms with Gasteiger partial charge in [0.1, 0.15) is 12.2 Å². The van der Waals surface area contributed by atoms with Crippen LogP contribution in [0.3, 0.4) is 0 Å². The van der Waals surface area contributed by atoms with Crippen molar-refractivity contribution in [3.8, 4) is 0 Å². The van der Waals surface area contributed by atoms with Gasteiger partial charge in [0.25, 0.3) is 0 Å². The van der Waals surface area contributed by atoms with Gasteiger partial charge in [0.2, 0.25) is 0 Å². The van der Waals surface area contributed by atoms with Crippen LogP contribution in [0.4, 0.5) is 0 Å². The SMILES string of the molecule is CCCNC(Cc1ncnn1C(C)C)C(C)C. The van der Waals surface area contributed by atoms with E-state index in [0.717, 1.165) is 18.8 Å². The lowest BCUT2D eigenvalue weighted by molar-refractivity contribution is 0.378. The molecule has 0 saturated heterocycles. The van der Waals surface area contributed by atoms with Crippen molar-refractivity contribution >= 4 is 0 Å². The molecule has 17 heavy (non-hydrogen) atoms. The van der Waals surface area contributed by atoms with E-state index < -0.39 is 0 Å². The van der Waals surface area contributed by atoms with E-state index in [9.17, 15) is 0 Å². The Morgan fingerprint density at radius 3 is 2.53 bits per heavy atom. The molecule has 1 atom stereocenters. The molecule has 4 heteroatoms. The quantitative estimate of drug-likeness (QED) is 0.793. The van der Waals surface area contributed by atoms with Crippen LogP contribution < -0.4 is 5.32 Å². The molecule has 0 amide bonds. The Kier molecular flexibility index (Phi) is 5.62. The molecule has 1 rings (SSSR count). The van der Waals surface area contributed by atoms with Crippen molar-refractivity contribution in [1.82, 2.24) is 20.1 Å². The minimum absolute atomic E-state index is 0.381. The highest BCUT2D eigenvalue weighted by molar-refractivity contribution is 4.92. The minimum atomic E-state index is 0.381. The highest BCUT2D eigenvalue weighted by atomic mass is 15.3. The summed E-state index contributed by atoms with van der Waals surface area (Å²) in [5, 5.41) is 7.88. The van der Waals surface area contributed by atoms with Gasteiger partial charge in [0.05, 0.1) is 0 Å². The van der Waals surface area contributed by atoms with Crippen LogP contribution in [-0.2, 0) is 6.42 Å². The lowest BCUT2D eigenvalue weighted by Gasteiger charge is -2.22. The molecule has 4 nitrogen and oxygen atoms in total. The maximum Gasteiger partial charge on any atom is 0.138 e. The molecule has 1 aromatic heterocycles. The van der Waals surface area contributed by atoms with Gasteiger partial charge in [-0.15, -0.1) is 0 Å². The van der Waals surface area contributed by atoms with E-state index in [1.165, 1.54) is 6.42 Å². The average molecular weight is 238 g/mol. The van der Waals surface area contributed by atoms with E-state index in [1.807, 2.05) is 4.68 Å². The molecule has 0 aliphatic heterocycles. The lowest BCUT2D eigenvalue weighted by atomic mass is 10.0. The Morgan fingerprint density at radius 1 is 1.29 bits per heavy atom. The van der Waals surface area contributed by atoms with Gasteiger partial charge in [-0.1, -0.05) is 20.8 Å². The van der Waals surface area contributed by atoms with Gasteiger partial charge >= 0.3 is 0 Å². The molecule has 0 aliphatic carbocycles. The first-order valence-corrected chi connectivity index (χ1v) is 6.68. The van der Waals surface area contributed by atoms with Crippen LogP contribution in [0.15, 0.2) is 6.33 Å². The molecule has 1 aromatic rings. The van der Waals surface area contributed by atoms with Crippen molar-refractivity contribution in [2.75, 3.05) is 6.54 Å². The van der Waals surface area contributed by atoms with Gasteiger partial charge < -0.3 is 5.32 Å². The standard InChI is InChI=1S/C13H26N4/c1-6-7-14-12(10(2)3)8-13-15-9-16-17(13)11(4)5/h9-12,14H,6-8H2,1-5H3. The van der Waals surface area contributed by atoms with Crippen LogP contribution in [0, 0.1) is 5.92 Å². The van der Waals surface area contributed by atoms with E-state index in [4.69, 9.17) is 0 Å². The third-order valence-corrected chi connectivity index (χ3v) is 3.00. The Morgan fingerprint density at radius 2 is 2.00 bits per heavy atom. The van der Waals surface area contributed by atoms with Crippen LogP contribution in [0.25, 0.3) is 0 Å². The number of nitrogens with zero attached hydrogens (tertiary/aromatic N) is 3. The van der Waals surface area contributed by atoms with Crippen LogP contribution in [-0.4, -0.2) is 27.4 Å². The topological polar surface area (TPSA) is 42.7 Å². The molecular formula is C13H26N4. The number of hydrogen-bond acceptors (Lipinski definition) is 3. The summed E-state index contributed by atoms with van der Waals surface area (Å²) in [6, 6.07) is 0.864. The molecule has 1 heterocycles. The number of rotatable bonds is 7. The number of nitrogens with one attached hydrogen (secondary N) is 1. The second-order valence-electron chi connectivity index (χ2n) is 5.22. The number of aromatic nitrogens is 3. The normalized spacial score (nSPS) is 13.6. The second-order valence-corrected chi connectivity index (χ2v) is 5.22. The lowest BCUT2D eigenvalue weighted by Crippen LogP contribution is -2.37. The van der Waals surface area contributed by atoms with Crippen molar-refractivity contribution < 1.29 is 0 Å². The highest BCUT2D eigenvalue weighted by Gasteiger charge is 2.17. The largest absolute Gasteiger partial charge is 0.313 e. The first-order valence-electron chi connectivity index (χ1n) is 6.68. The predicted octanol–water partition coefficient (Wildman–Crippen LogP) is 2.43. The maximum atomic E-state index is 4.38.